The van der Waals surface area contributed by atoms with Crippen molar-refractivity contribution in [3.63, 3.8) is 0 Å². The Balaban J connectivity index is 0.943. The monoisotopic (exact) mass is 810 g/mol. The Morgan fingerprint density at radius 3 is 2.40 bits per heavy atom. The number of benzene rings is 1. The zero-order valence-corrected chi connectivity index (χ0v) is 33.3. The first-order chi connectivity index (χ1) is 27.0. The van der Waals surface area contributed by atoms with Gasteiger partial charge in [0.15, 0.2) is 10.8 Å². The molecule has 2 aromatic rings. The predicted octanol–water partition coefficient (Wildman–Crippen LogP) is 5.75. The first kappa shape index (κ1) is 42.0. The van der Waals surface area contributed by atoms with Crippen molar-refractivity contribution in [3.8, 4) is 6.07 Å². The molecule has 1 saturated carbocycles. The van der Waals surface area contributed by atoms with E-state index < -0.39 is 34.9 Å². The second-order valence-electron chi connectivity index (χ2n) is 16.1. The number of carbonyl (C=O) groups is 4. The van der Waals surface area contributed by atoms with Gasteiger partial charge < -0.3 is 20.3 Å². The van der Waals surface area contributed by atoms with E-state index in [4.69, 9.17) is 22.2 Å². The average molecular weight is 811 g/mol. The number of pyridine rings is 1. The van der Waals surface area contributed by atoms with E-state index in [1.807, 2.05) is 11.0 Å². The molecule has 1 aromatic carbocycles. The van der Waals surface area contributed by atoms with Crippen LogP contribution in [0.1, 0.15) is 96.7 Å². The largest absolute Gasteiger partial charge is 0.419 e. The number of thiocarbonyl (C=S) groups is 1. The Kier molecular flexibility index (Phi) is 12.6. The number of imide groups is 1. The summed E-state index contributed by atoms with van der Waals surface area (Å²) in [5, 5.41) is 17.7. The van der Waals surface area contributed by atoms with Crippen LogP contribution in [0.25, 0.3) is 0 Å². The Bertz CT molecular complexity index is 1920. The van der Waals surface area contributed by atoms with Crippen LogP contribution >= 0.6 is 12.2 Å². The minimum atomic E-state index is -4.82. The number of anilines is 3. The third kappa shape index (κ3) is 9.39. The number of aromatic nitrogens is 1. The first-order valence-corrected chi connectivity index (χ1v) is 19.9. The first-order valence-electron chi connectivity index (χ1n) is 19.5. The molecule has 13 nitrogen and oxygen atoms in total. The normalized spacial score (nSPS) is 26.9. The molecule has 6 rings (SSSR count). The van der Waals surface area contributed by atoms with Crippen LogP contribution in [0, 0.1) is 17.2 Å². The lowest BCUT2D eigenvalue weighted by atomic mass is 9.85. The van der Waals surface area contributed by atoms with Crippen molar-refractivity contribution in [2.45, 2.75) is 127 Å². The van der Waals surface area contributed by atoms with Crippen LogP contribution in [0.15, 0.2) is 36.5 Å². The topological polar surface area (TPSA) is 160 Å². The molecule has 57 heavy (non-hydrogen) atoms. The van der Waals surface area contributed by atoms with Gasteiger partial charge in [-0.3, -0.25) is 34.3 Å². The lowest BCUT2D eigenvalue weighted by Gasteiger charge is -2.42. The number of alkyl halides is 3. The molecular weight excluding hydrogens is 762 g/mol. The van der Waals surface area contributed by atoms with E-state index in [0.717, 1.165) is 49.3 Å². The van der Waals surface area contributed by atoms with Gasteiger partial charge >= 0.3 is 6.18 Å². The number of rotatable bonds is 11. The lowest BCUT2D eigenvalue weighted by molar-refractivity contribution is -0.138. The Hall–Kier alpha value is -4.66. The summed E-state index contributed by atoms with van der Waals surface area (Å²) >= 11 is 5.71. The van der Waals surface area contributed by atoms with Crippen LogP contribution in [-0.4, -0.2) is 92.5 Å². The number of nitrogens with one attached hydrogen (secondary N) is 3. The van der Waals surface area contributed by atoms with Crippen LogP contribution in [0.5, 0.6) is 0 Å². The summed E-state index contributed by atoms with van der Waals surface area (Å²) in [4.78, 5) is 59.2. The van der Waals surface area contributed by atoms with Crippen LogP contribution in [0.3, 0.4) is 0 Å². The minimum absolute atomic E-state index is 0.0424. The fourth-order valence-electron chi connectivity index (χ4n) is 8.80. The summed E-state index contributed by atoms with van der Waals surface area (Å²) in [6.45, 7) is 8.58. The molecule has 17 heteroatoms. The smallest absolute Gasteiger partial charge is 0.378 e. The second-order valence-corrected chi connectivity index (χ2v) is 16.5. The Morgan fingerprint density at radius 2 is 1.75 bits per heavy atom. The zero-order chi connectivity index (χ0) is 41.2. The number of nitrogens with zero attached hydrogens (tertiary/aromatic N) is 5. The molecule has 4 atom stereocenters. The molecule has 0 radical (unpaired) electrons. The number of ether oxygens (including phenoxy) is 1. The third-order valence-corrected chi connectivity index (χ3v) is 12.1. The van der Waals surface area contributed by atoms with Gasteiger partial charge in [0.25, 0.3) is 5.91 Å². The maximum atomic E-state index is 13.7. The van der Waals surface area contributed by atoms with E-state index in [9.17, 15) is 32.3 Å². The summed E-state index contributed by atoms with van der Waals surface area (Å²) in [6.07, 6.45) is 2.64. The van der Waals surface area contributed by atoms with Crippen molar-refractivity contribution in [3.05, 3.63) is 47.8 Å². The quantitative estimate of drug-likeness (QED) is 0.188. The van der Waals surface area contributed by atoms with Gasteiger partial charge in [0, 0.05) is 42.5 Å². The number of halogens is 3. The van der Waals surface area contributed by atoms with Gasteiger partial charge in [0.1, 0.15) is 17.6 Å². The van der Waals surface area contributed by atoms with Crippen molar-refractivity contribution in [1.29, 1.82) is 5.26 Å². The highest BCUT2D eigenvalue weighted by Crippen LogP contribution is 2.40. The average Bonchev–Trinajstić information content (AvgIpc) is 3.32. The molecule has 4 amide bonds. The highest BCUT2D eigenvalue weighted by atomic mass is 32.1. The van der Waals surface area contributed by atoms with Gasteiger partial charge in [-0.05, 0) is 121 Å². The number of piperidine rings is 2. The molecule has 3 saturated heterocycles. The summed E-state index contributed by atoms with van der Waals surface area (Å²) in [5.74, 6) is -0.773. The maximum Gasteiger partial charge on any atom is 0.419 e. The molecule has 0 spiro atoms. The van der Waals surface area contributed by atoms with Crippen LogP contribution in [0.4, 0.5) is 30.2 Å². The number of carbonyl (C=O) groups excluding carboxylic acids is 4. The van der Waals surface area contributed by atoms with Crippen LogP contribution < -0.4 is 20.9 Å². The molecule has 4 aliphatic rings. The van der Waals surface area contributed by atoms with Crippen molar-refractivity contribution < 1.29 is 37.1 Å². The predicted molar refractivity (Wildman–Crippen MR) is 210 cm³/mol. The van der Waals surface area contributed by atoms with E-state index >= 15 is 0 Å². The van der Waals surface area contributed by atoms with E-state index in [2.05, 4.69) is 39.7 Å². The zero-order valence-electron chi connectivity index (χ0n) is 32.5. The van der Waals surface area contributed by atoms with E-state index in [0.29, 0.717) is 43.2 Å². The van der Waals surface area contributed by atoms with Crippen molar-refractivity contribution >= 4 is 58.0 Å². The molecule has 1 unspecified atom stereocenters. The van der Waals surface area contributed by atoms with E-state index in [1.54, 1.807) is 32.0 Å². The number of amides is 4. The second kappa shape index (κ2) is 17.1. The van der Waals surface area contributed by atoms with Crippen LogP contribution in [0.2, 0.25) is 0 Å². The highest BCUT2D eigenvalue weighted by molar-refractivity contribution is 7.80. The fraction of sp³-hybridized carbons (Fsp3) is 0.575. The Morgan fingerprint density at radius 1 is 1.07 bits per heavy atom. The lowest BCUT2D eigenvalue weighted by Crippen LogP contribution is -2.51. The molecular formula is C40H49F3N8O5S. The van der Waals surface area contributed by atoms with Crippen LogP contribution in [-0.2, 0) is 30.1 Å². The summed E-state index contributed by atoms with van der Waals surface area (Å²) in [5.41, 5.74) is -1.90. The SMILES string of the molecule is C[C@@H]1C[C@@H](CCO[C@H]2CC[C@H](N3C(=S)N(c4cnc(C#N)c(C(F)(F)F)c4)C(=O)C3(C)C)CC2)C[C@H](C)N1CC(=O)Nc1cccc(NC2CCC(=O)NC2=O)c1. The van der Waals surface area contributed by atoms with Gasteiger partial charge in [0.2, 0.25) is 17.7 Å². The molecule has 1 aliphatic carbocycles. The Labute approximate surface area is 335 Å². The van der Waals surface area contributed by atoms with Gasteiger partial charge in [0.05, 0.1) is 30.1 Å². The molecule has 4 heterocycles. The van der Waals surface area contributed by atoms with Crippen molar-refractivity contribution in [1.82, 2.24) is 20.1 Å². The van der Waals surface area contributed by atoms with Gasteiger partial charge in [-0.1, -0.05) is 6.07 Å². The molecule has 1 aromatic heterocycles. The van der Waals surface area contributed by atoms with Gasteiger partial charge in [-0.15, -0.1) is 0 Å². The number of hydrogen-bond acceptors (Lipinski definition) is 10. The molecule has 306 valence electrons. The van der Waals surface area contributed by atoms with Gasteiger partial charge in [-0.2, -0.15) is 18.4 Å². The van der Waals surface area contributed by atoms with Gasteiger partial charge in [-0.25, -0.2) is 4.98 Å². The number of likely N-dealkylation sites (tertiary alicyclic amines) is 1. The standard InChI is InChI=1S/C40H49F3N8O5S/c1-23-16-25(17-24(2)49(23)22-35(53)47-27-7-5-6-26(18-27)46-32-12-13-34(52)48-36(32)54)14-15-56-30-10-8-28(9-11-30)51-38(57)50(37(55)39(51,3)4)29-19-31(40(41,42)43)33(20-44)45-21-29/h5-7,18-19,21,23-25,28,30,32,46H,8-17,22H2,1-4H3,(H,47,53)(H,48,52,54)/t23-,24+,25-,28-,30-,32?. The fourth-order valence-corrected chi connectivity index (χ4v) is 9.37. The summed E-state index contributed by atoms with van der Waals surface area (Å²) < 4.78 is 47.4. The molecule has 0 bridgehead atoms. The maximum absolute atomic E-state index is 13.7. The third-order valence-electron chi connectivity index (χ3n) is 11.7. The van der Waals surface area contributed by atoms with E-state index in [1.165, 1.54) is 6.07 Å². The number of nitriles is 1. The molecule has 3 N–H and O–H groups in total. The molecule has 4 fully saturated rings. The van der Waals surface area contributed by atoms with Crippen molar-refractivity contribution in [2.75, 3.05) is 28.7 Å². The minimum Gasteiger partial charge on any atom is -0.378 e. The highest BCUT2D eigenvalue weighted by Gasteiger charge is 2.53. The summed E-state index contributed by atoms with van der Waals surface area (Å²) in [6, 6.07) is 9.17. The van der Waals surface area contributed by atoms with Crippen molar-refractivity contribution in [2.24, 2.45) is 5.92 Å². The summed E-state index contributed by atoms with van der Waals surface area (Å²) in [7, 11) is 0. The van der Waals surface area contributed by atoms with E-state index in [-0.39, 0.29) is 65.7 Å². The number of hydrogen-bond donors (Lipinski definition) is 3. The molecule has 3 aliphatic heterocycles.